The number of methoxy groups -OCH3 is 1. The lowest BCUT2D eigenvalue weighted by atomic mass is 10.0. The molecule has 0 radical (unpaired) electrons. The number of rotatable bonds is 6. The Hall–Kier alpha value is -3.19. The molecule has 0 aliphatic carbocycles. The van der Waals surface area contributed by atoms with Gasteiger partial charge < -0.3 is 14.8 Å². The maximum Gasteiger partial charge on any atom is 0.341 e. The van der Waals surface area contributed by atoms with E-state index in [0.717, 1.165) is 5.56 Å². The molecule has 0 unspecified atom stereocenters. The van der Waals surface area contributed by atoms with E-state index in [1.165, 1.54) is 35.6 Å². The second-order valence-corrected chi connectivity index (χ2v) is 6.64. The summed E-state index contributed by atoms with van der Waals surface area (Å²) >= 11 is 1.22. The minimum atomic E-state index is -0.524. The number of carbonyl (C=O) groups is 2. The molecular weight excluding hydrogens is 381 g/mol. The van der Waals surface area contributed by atoms with E-state index in [-0.39, 0.29) is 17.7 Å². The summed E-state index contributed by atoms with van der Waals surface area (Å²) in [7, 11) is 1.58. The van der Waals surface area contributed by atoms with Crippen molar-refractivity contribution in [2.24, 2.45) is 0 Å². The van der Waals surface area contributed by atoms with Crippen molar-refractivity contribution in [2.45, 2.75) is 6.92 Å². The molecule has 3 aromatic rings. The van der Waals surface area contributed by atoms with Crippen molar-refractivity contribution in [3.8, 4) is 16.9 Å². The zero-order valence-electron chi connectivity index (χ0n) is 15.3. The first-order valence-electron chi connectivity index (χ1n) is 8.53. The standard InChI is InChI=1S/C21H18FNO4S/c1-3-27-21(25)18-17(13-6-10-16(26-2)11-7-13)12-28-20(18)23-19(24)14-4-8-15(22)9-5-14/h4-12H,3H2,1-2H3,(H,23,24). The van der Waals surface area contributed by atoms with Gasteiger partial charge in [-0.1, -0.05) is 12.1 Å². The van der Waals surface area contributed by atoms with E-state index >= 15 is 0 Å². The Bertz CT molecular complexity index is 981. The van der Waals surface area contributed by atoms with Crippen LogP contribution in [0.1, 0.15) is 27.6 Å². The van der Waals surface area contributed by atoms with Gasteiger partial charge in [-0.3, -0.25) is 4.79 Å². The van der Waals surface area contributed by atoms with Crippen LogP contribution in [0, 0.1) is 5.82 Å². The van der Waals surface area contributed by atoms with E-state index in [9.17, 15) is 14.0 Å². The second kappa shape index (κ2) is 8.67. The van der Waals surface area contributed by atoms with Crippen LogP contribution in [-0.2, 0) is 4.74 Å². The van der Waals surface area contributed by atoms with Crippen molar-refractivity contribution in [1.82, 2.24) is 0 Å². The van der Waals surface area contributed by atoms with Crippen molar-refractivity contribution in [1.29, 1.82) is 0 Å². The predicted molar refractivity (Wildman–Crippen MR) is 107 cm³/mol. The molecule has 0 bridgehead atoms. The Morgan fingerprint density at radius 1 is 1.07 bits per heavy atom. The Morgan fingerprint density at radius 3 is 2.36 bits per heavy atom. The zero-order chi connectivity index (χ0) is 20.1. The monoisotopic (exact) mass is 399 g/mol. The van der Waals surface area contributed by atoms with Crippen LogP contribution in [0.4, 0.5) is 9.39 Å². The van der Waals surface area contributed by atoms with Crippen LogP contribution < -0.4 is 10.1 Å². The summed E-state index contributed by atoms with van der Waals surface area (Å²) in [6.45, 7) is 1.93. The van der Waals surface area contributed by atoms with Gasteiger partial charge in [0.25, 0.3) is 5.91 Å². The number of ether oxygens (including phenoxy) is 2. The van der Waals surface area contributed by atoms with Crippen LogP contribution in [0.25, 0.3) is 11.1 Å². The number of thiophene rings is 1. The summed E-state index contributed by atoms with van der Waals surface area (Å²) in [4.78, 5) is 25.1. The molecule has 0 saturated heterocycles. The summed E-state index contributed by atoms with van der Waals surface area (Å²) < 4.78 is 23.4. The molecule has 5 nitrogen and oxygen atoms in total. The van der Waals surface area contributed by atoms with Gasteiger partial charge in [0, 0.05) is 16.5 Å². The highest BCUT2D eigenvalue weighted by molar-refractivity contribution is 7.15. The average Bonchev–Trinajstić information content (AvgIpc) is 3.12. The van der Waals surface area contributed by atoms with Gasteiger partial charge in [0.05, 0.1) is 13.7 Å². The molecule has 0 aliphatic rings. The Labute approximate surface area is 165 Å². The second-order valence-electron chi connectivity index (χ2n) is 5.76. The minimum absolute atomic E-state index is 0.210. The highest BCUT2D eigenvalue weighted by atomic mass is 32.1. The maximum absolute atomic E-state index is 13.1. The predicted octanol–water partition coefficient (Wildman–Crippen LogP) is 4.99. The van der Waals surface area contributed by atoms with Crippen molar-refractivity contribution in [3.05, 3.63) is 70.9 Å². The summed E-state index contributed by atoms with van der Waals surface area (Å²) in [6, 6.07) is 12.4. The molecular formula is C21H18FNO4S. The number of anilines is 1. The van der Waals surface area contributed by atoms with Crippen LogP contribution in [-0.4, -0.2) is 25.6 Å². The number of halogens is 1. The number of esters is 1. The van der Waals surface area contributed by atoms with Crippen LogP contribution in [0.15, 0.2) is 53.9 Å². The van der Waals surface area contributed by atoms with E-state index in [0.29, 0.717) is 16.3 Å². The molecule has 3 rings (SSSR count). The Balaban J connectivity index is 1.96. The number of nitrogens with one attached hydrogen (secondary N) is 1. The Morgan fingerprint density at radius 2 is 1.75 bits per heavy atom. The third-order valence-corrected chi connectivity index (χ3v) is 4.90. The normalized spacial score (nSPS) is 10.4. The lowest BCUT2D eigenvalue weighted by Crippen LogP contribution is -2.14. The van der Waals surface area contributed by atoms with Gasteiger partial charge >= 0.3 is 5.97 Å². The molecule has 28 heavy (non-hydrogen) atoms. The van der Waals surface area contributed by atoms with Crippen molar-refractivity contribution in [3.63, 3.8) is 0 Å². The minimum Gasteiger partial charge on any atom is -0.497 e. The molecule has 0 saturated carbocycles. The maximum atomic E-state index is 13.1. The van der Waals surface area contributed by atoms with Crippen molar-refractivity contribution < 1.29 is 23.5 Å². The largest absolute Gasteiger partial charge is 0.497 e. The first kappa shape index (κ1) is 19.6. The van der Waals surface area contributed by atoms with E-state index in [1.807, 2.05) is 12.1 Å². The van der Waals surface area contributed by atoms with Gasteiger partial charge in [0.1, 0.15) is 22.1 Å². The highest BCUT2D eigenvalue weighted by Gasteiger charge is 2.23. The molecule has 1 amide bonds. The third-order valence-electron chi connectivity index (χ3n) is 4.01. The SMILES string of the molecule is CCOC(=O)c1c(-c2ccc(OC)cc2)csc1NC(=O)c1ccc(F)cc1. The van der Waals surface area contributed by atoms with Gasteiger partial charge in [-0.05, 0) is 48.9 Å². The van der Waals surface area contributed by atoms with Gasteiger partial charge in [-0.25, -0.2) is 9.18 Å². The third kappa shape index (κ3) is 4.20. The van der Waals surface area contributed by atoms with Crippen LogP contribution in [0.2, 0.25) is 0 Å². The average molecular weight is 399 g/mol. The smallest absolute Gasteiger partial charge is 0.341 e. The van der Waals surface area contributed by atoms with Gasteiger partial charge in [0.15, 0.2) is 0 Å². The van der Waals surface area contributed by atoms with E-state index < -0.39 is 17.7 Å². The fourth-order valence-corrected chi connectivity index (χ4v) is 3.57. The summed E-state index contributed by atoms with van der Waals surface area (Å²) in [5.74, 6) is -0.694. The van der Waals surface area contributed by atoms with E-state index in [1.54, 1.807) is 31.5 Å². The summed E-state index contributed by atoms with van der Waals surface area (Å²) in [5.41, 5.74) is 2.02. The Kier molecular flexibility index (Phi) is 6.06. The van der Waals surface area contributed by atoms with Crippen molar-refractivity contribution >= 4 is 28.2 Å². The number of hydrogen-bond donors (Lipinski definition) is 1. The lowest BCUT2D eigenvalue weighted by Gasteiger charge is -2.09. The molecule has 0 aliphatic heterocycles. The van der Waals surface area contributed by atoms with E-state index in [2.05, 4.69) is 5.32 Å². The molecule has 1 N–H and O–H groups in total. The molecule has 2 aromatic carbocycles. The number of hydrogen-bond acceptors (Lipinski definition) is 5. The molecule has 144 valence electrons. The van der Waals surface area contributed by atoms with Gasteiger partial charge in [-0.15, -0.1) is 11.3 Å². The van der Waals surface area contributed by atoms with Crippen LogP contribution in [0.5, 0.6) is 5.75 Å². The van der Waals surface area contributed by atoms with Gasteiger partial charge in [0.2, 0.25) is 0 Å². The molecule has 0 fully saturated rings. The quantitative estimate of drug-likeness (QED) is 0.593. The lowest BCUT2D eigenvalue weighted by molar-refractivity contribution is 0.0529. The topological polar surface area (TPSA) is 64.6 Å². The van der Waals surface area contributed by atoms with Crippen molar-refractivity contribution in [2.75, 3.05) is 19.0 Å². The van der Waals surface area contributed by atoms with E-state index in [4.69, 9.17) is 9.47 Å². The highest BCUT2D eigenvalue weighted by Crippen LogP contribution is 2.37. The number of carbonyl (C=O) groups excluding carboxylic acids is 2. The molecule has 1 aromatic heterocycles. The first-order valence-corrected chi connectivity index (χ1v) is 9.41. The molecule has 0 spiro atoms. The first-order chi connectivity index (χ1) is 13.5. The van der Waals surface area contributed by atoms with Crippen LogP contribution in [0.3, 0.4) is 0 Å². The number of amides is 1. The fraction of sp³-hybridized carbons (Fsp3) is 0.143. The van der Waals surface area contributed by atoms with Gasteiger partial charge in [-0.2, -0.15) is 0 Å². The molecule has 7 heteroatoms. The number of benzene rings is 2. The fourth-order valence-electron chi connectivity index (χ4n) is 2.62. The zero-order valence-corrected chi connectivity index (χ0v) is 16.1. The summed E-state index contributed by atoms with van der Waals surface area (Å²) in [6.07, 6.45) is 0. The molecule has 0 atom stereocenters. The summed E-state index contributed by atoms with van der Waals surface area (Å²) in [5, 5.41) is 4.89. The van der Waals surface area contributed by atoms with Crippen LogP contribution >= 0.6 is 11.3 Å². The molecule has 1 heterocycles.